The van der Waals surface area contributed by atoms with Crippen LogP contribution in [0.5, 0.6) is 0 Å². The smallest absolute Gasteiger partial charge is 0.0709 e. The molecule has 3 rings (SSSR count). The van der Waals surface area contributed by atoms with Crippen LogP contribution < -0.4 is 0 Å². The number of hydrogen-bond acceptors (Lipinski definition) is 1. The molecule has 104 valence electrons. The molecule has 0 saturated carbocycles. The summed E-state index contributed by atoms with van der Waals surface area (Å²) < 4.78 is 0. The van der Waals surface area contributed by atoms with E-state index in [-0.39, 0.29) is 5.41 Å². The van der Waals surface area contributed by atoms with E-state index in [1.54, 1.807) is 0 Å². The van der Waals surface area contributed by atoms with Crippen LogP contribution >= 0.6 is 0 Å². The minimum atomic E-state index is 0.254. The molecule has 2 aromatic rings. The lowest BCUT2D eigenvalue weighted by atomic mass is 9.66. The van der Waals surface area contributed by atoms with E-state index in [9.17, 15) is 0 Å². The van der Waals surface area contributed by atoms with Crippen LogP contribution in [0, 0.1) is 10.8 Å². The van der Waals surface area contributed by atoms with Crippen LogP contribution in [-0.2, 0) is 0 Å². The molecule has 1 aromatic heterocycles. The molecule has 0 fully saturated rings. The van der Waals surface area contributed by atoms with E-state index >= 15 is 0 Å². The van der Waals surface area contributed by atoms with Crippen molar-refractivity contribution in [3.63, 3.8) is 0 Å². The van der Waals surface area contributed by atoms with Crippen LogP contribution in [0.4, 0.5) is 0 Å². The lowest BCUT2D eigenvalue weighted by Gasteiger charge is -2.39. The SMILES string of the molecule is CC1(C)C=C(c2ccc3ccccc3n2)CC(C)(C)C1. The minimum Gasteiger partial charge on any atom is -0.248 e. The zero-order chi connectivity index (χ0) is 14.4. The molecule has 0 unspecified atom stereocenters. The van der Waals surface area contributed by atoms with Crippen molar-refractivity contribution in [2.24, 2.45) is 10.8 Å². The van der Waals surface area contributed by atoms with E-state index in [4.69, 9.17) is 4.98 Å². The zero-order valence-corrected chi connectivity index (χ0v) is 12.9. The standard InChI is InChI=1S/C19H23N/c1-18(2)11-15(12-19(3,4)13-18)17-10-9-14-7-5-6-8-16(14)20-17/h5-11H,12-13H2,1-4H3. The predicted molar refractivity (Wildman–Crippen MR) is 86.5 cm³/mol. The van der Waals surface area contributed by atoms with Gasteiger partial charge in [-0.2, -0.15) is 0 Å². The van der Waals surface area contributed by atoms with Gasteiger partial charge in [-0.3, -0.25) is 0 Å². The van der Waals surface area contributed by atoms with E-state index in [0.29, 0.717) is 5.41 Å². The first-order valence-corrected chi connectivity index (χ1v) is 7.43. The number of rotatable bonds is 1. The summed E-state index contributed by atoms with van der Waals surface area (Å²) in [4.78, 5) is 4.86. The Morgan fingerprint density at radius 2 is 1.70 bits per heavy atom. The van der Waals surface area contributed by atoms with Gasteiger partial charge >= 0.3 is 0 Å². The Kier molecular flexibility index (Phi) is 2.97. The molecule has 1 aromatic carbocycles. The lowest BCUT2D eigenvalue weighted by Crippen LogP contribution is -2.26. The second-order valence-electron chi connectivity index (χ2n) is 7.57. The molecular weight excluding hydrogens is 242 g/mol. The van der Waals surface area contributed by atoms with Gasteiger partial charge in [0.05, 0.1) is 11.2 Å². The van der Waals surface area contributed by atoms with Gasteiger partial charge in [0, 0.05) is 5.39 Å². The topological polar surface area (TPSA) is 12.9 Å². The summed E-state index contributed by atoms with van der Waals surface area (Å²) in [6.45, 7) is 9.38. The van der Waals surface area contributed by atoms with Crippen molar-refractivity contribution in [2.45, 2.75) is 40.5 Å². The number of fused-ring (bicyclic) bond motifs is 1. The van der Waals surface area contributed by atoms with E-state index in [0.717, 1.165) is 17.6 Å². The third kappa shape index (κ3) is 2.63. The molecule has 20 heavy (non-hydrogen) atoms. The summed E-state index contributed by atoms with van der Waals surface area (Å²) in [6.07, 6.45) is 4.77. The van der Waals surface area contributed by atoms with Gasteiger partial charge in [-0.15, -0.1) is 0 Å². The van der Waals surface area contributed by atoms with Gasteiger partial charge in [0.2, 0.25) is 0 Å². The van der Waals surface area contributed by atoms with Gasteiger partial charge in [-0.25, -0.2) is 4.98 Å². The maximum atomic E-state index is 4.86. The van der Waals surface area contributed by atoms with Gasteiger partial charge in [0.15, 0.2) is 0 Å². The fourth-order valence-corrected chi connectivity index (χ4v) is 3.79. The maximum Gasteiger partial charge on any atom is 0.0709 e. The molecule has 1 aliphatic rings. The van der Waals surface area contributed by atoms with Crippen LogP contribution in [0.1, 0.15) is 46.2 Å². The monoisotopic (exact) mass is 265 g/mol. The first kappa shape index (κ1) is 13.4. The van der Waals surface area contributed by atoms with Gasteiger partial charge in [0.25, 0.3) is 0 Å². The molecule has 0 radical (unpaired) electrons. The second-order valence-corrected chi connectivity index (χ2v) is 7.57. The minimum absolute atomic E-state index is 0.254. The fourth-order valence-electron chi connectivity index (χ4n) is 3.79. The molecule has 0 amide bonds. The van der Waals surface area contributed by atoms with Crippen molar-refractivity contribution in [3.8, 4) is 0 Å². The number of allylic oxidation sites excluding steroid dienone is 2. The number of nitrogens with zero attached hydrogens (tertiary/aromatic N) is 1. The molecule has 1 aliphatic carbocycles. The van der Waals surface area contributed by atoms with Crippen LogP contribution in [0.15, 0.2) is 42.5 Å². The summed E-state index contributed by atoms with van der Waals surface area (Å²) in [5.74, 6) is 0. The fraction of sp³-hybridized carbons (Fsp3) is 0.421. The van der Waals surface area contributed by atoms with Crippen LogP contribution in [0.25, 0.3) is 16.5 Å². The Morgan fingerprint density at radius 3 is 2.45 bits per heavy atom. The highest BCUT2D eigenvalue weighted by Gasteiger charge is 2.33. The van der Waals surface area contributed by atoms with Crippen molar-refractivity contribution >= 4 is 16.5 Å². The highest BCUT2D eigenvalue weighted by Crippen LogP contribution is 2.47. The van der Waals surface area contributed by atoms with E-state index in [1.165, 1.54) is 17.4 Å². The largest absolute Gasteiger partial charge is 0.248 e. The van der Waals surface area contributed by atoms with Crippen LogP contribution in [0.3, 0.4) is 0 Å². The van der Waals surface area contributed by atoms with Crippen molar-refractivity contribution in [3.05, 3.63) is 48.2 Å². The molecule has 1 heterocycles. The molecule has 0 saturated heterocycles. The van der Waals surface area contributed by atoms with E-state index in [1.807, 2.05) is 0 Å². The number of benzene rings is 1. The Labute approximate surface area is 121 Å². The van der Waals surface area contributed by atoms with E-state index in [2.05, 4.69) is 70.2 Å². The Hall–Kier alpha value is -1.63. The Balaban J connectivity index is 2.08. The number of aromatic nitrogens is 1. The molecule has 0 spiro atoms. The highest BCUT2D eigenvalue weighted by molar-refractivity contribution is 5.81. The summed E-state index contributed by atoms with van der Waals surface area (Å²) in [5.41, 5.74) is 4.24. The predicted octanol–water partition coefficient (Wildman–Crippen LogP) is 5.46. The average molecular weight is 265 g/mol. The van der Waals surface area contributed by atoms with Crippen molar-refractivity contribution in [1.29, 1.82) is 0 Å². The van der Waals surface area contributed by atoms with Crippen LogP contribution in [0.2, 0.25) is 0 Å². The molecule has 0 N–H and O–H groups in total. The average Bonchev–Trinajstić information content (AvgIpc) is 2.34. The summed E-state index contributed by atoms with van der Waals surface area (Å²) >= 11 is 0. The number of pyridine rings is 1. The van der Waals surface area contributed by atoms with Gasteiger partial charge in [-0.05, 0) is 41.4 Å². The normalized spacial score (nSPS) is 20.7. The quantitative estimate of drug-likeness (QED) is 0.666. The Morgan fingerprint density at radius 1 is 0.950 bits per heavy atom. The number of hydrogen-bond donors (Lipinski definition) is 0. The van der Waals surface area contributed by atoms with Crippen LogP contribution in [-0.4, -0.2) is 4.98 Å². The van der Waals surface area contributed by atoms with Crippen molar-refractivity contribution in [2.75, 3.05) is 0 Å². The molecule has 0 bridgehead atoms. The van der Waals surface area contributed by atoms with Gasteiger partial charge < -0.3 is 0 Å². The molecule has 0 atom stereocenters. The molecule has 1 nitrogen and oxygen atoms in total. The van der Waals surface area contributed by atoms with Gasteiger partial charge in [-0.1, -0.05) is 58.0 Å². The zero-order valence-electron chi connectivity index (χ0n) is 12.9. The van der Waals surface area contributed by atoms with Crippen molar-refractivity contribution in [1.82, 2.24) is 4.98 Å². The second kappa shape index (κ2) is 4.44. The maximum absolute atomic E-state index is 4.86. The summed E-state index contributed by atoms with van der Waals surface area (Å²) in [5, 5.41) is 1.21. The third-order valence-electron chi connectivity index (χ3n) is 4.10. The molecule has 0 aliphatic heterocycles. The third-order valence-corrected chi connectivity index (χ3v) is 4.10. The highest BCUT2D eigenvalue weighted by atomic mass is 14.7. The first-order chi connectivity index (χ1) is 9.35. The number of para-hydroxylation sites is 1. The molecule has 1 heteroatoms. The first-order valence-electron chi connectivity index (χ1n) is 7.43. The van der Waals surface area contributed by atoms with Crippen molar-refractivity contribution < 1.29 is 0 Å². The van der Waals surface area contributed by atoms with E-state index < -0.39 is 0 Å². The Bertz CT molecular complexity index is 677. The summed E-state index contributed by atoms with van der Waals surface area (Å²) in [6, 6.07) is 12.7. The lowest BCUT2D eigenvalue weighted by molar-refractivity contribution is 0.228. The molecular formula is C19H23N. The van der Waals surface area contributed by atoms with Gasteiger partial charge in [0.1, 0.15) is 0 Å². The summed E-state index contributed by atoms with van der Waals surface area (Å²) in [7, 11) is 0.